The third kappa shape index (κ3) is 2.29. The molecule has 4 nitrogen and oxygen atoms in total. The maximum Gasteiger partial charge on any atom is 0.177 e. The van der Waals surface area contributed by atoms with Crippen LogP contribution < -0.4 is 5.73 Å². The van der Waals surface area contributed by atoms with Gasteiger partial charge in [-0.25, -0.2) is 9.97 Å². The Hall–Kier alpha value is -0.940. The van der Waals surface area contributed by atoms with Crippen LogP contribution in [-0.4, -0.2) is 21.5 Å². The number of nitrogens with zero attached hydrogens (tertiary/aromatic N) is 2. The Morgan fingerprint density at radius 3 is 2.83 bits per heavy atom. The number of imidazole rings is 1. The fourth-order valence-electron chi connectivity index (χ4n) is 2.76. The Labute approximate surface area is 115 Å². The number of fused-ring (bicyclic) bond motifs is 1. The second-order valence-corrected chi connectivity index (χ2v) is 6.02. The molecule has 0 atom stereocenters. The summed E-state index contributed by atoms with van der Waals surface area (Å²) >= 11 is 3.43. The number of pyridine rings is 1. The SMILES string of the molecule is NCC1CCC(c2nc3ncc(Br)cc3[nH]2)CC1. The van der Waals surface area contributed by atoms with E-state index in [2.05, 4.69) is 30.9 Å². The highest BCUT2D eigenvalue weighted by atomic mass is 79.9. The summed E-state index contributed by atoms with van der Waals surface area (Å²) in [4.78, 5) is 12.3. The van der Waals surface area contributed by atoms with Crippen LogP contribution in [0.25, 0.3) is 11.2 Å². The summed E-state index contributed by atoms with van der Waals surface area (Å²) in [7, 11) is 0. The lowest BCUT2D eigenvalue weighted by atomic mass is 9.82. The number of H-pyrrole nitrogens is 1. The molecule has 5 heteroatoms. The van der Waals surface area contributed by atoms with Gasteiger partial charge < -0.3 is 10.7 Å². The second-order valence-electron chi connectivity index (χ2n) is 5.10. The van der Waals surface area contributed by atoms with Gasteiger partial charge >= 0.3 is 0 Å². The molecule has 0 aliphatic heterocycles. The van der Waals surface area contributed by atoms with Crippen LogP contribution in [0, 0.1) is 5.92 Å². The minimum absolute atomic E-state index is 0.542. The first kappa shape index (κ1) is 12.1. The Balaban J connectivity index is 1.82. The average molecular weight is 309 g/mol. The van der Waals surface area contributed by atoms with Crippen molar-refractivity contribution in [1.29, 1.82) is 0 Å². The molecular weight excluding hydrogens is 292 g/mol. The van der Waals surface area contributed by atoms with Gasteiger partial charge in [0.1, 0.15) is 5.82 Å². The van der Waals surface area contributed by atoms with Crippen LogP contribution in [0.1, 0.15) is 37.4 Å². The predicted octanol–water partition coefficient (Wildman–Crippen LogP) is 2.95. The molecule has 1 saturated carbocycles. The fourth-order valence-corrected chi connectivity index (χ4v) is 3.09. The third-order valence-electron chi connectivity index (χ3n) is 3.89. The van der Waals surface area contributed by atoms with Crippen molar-refractivity contribution in [2.75, 3.05) is 6.54 Å². The number of rotatable bonds is 2. The van der Waals surface area contributed by atoms with Crippen LogP contribution in [0.4, 0.5) is 0 Å². The zero-order valence-corrected chi connectivity index (χ0v) is 11.8. The topological polar surface area (TPSA) is 67.6 Å². The molecule has 3 N–H and O–H groups in total. The molecule has 3 rings (SSSR count). The van der Waals surface area contributed by atoms with Gasteiger partial charge in [-0.05, 0) is 60.1 Å². The van der Waals surface area contributed by atoms with Gasteiger partial charge in [0.2, 0.25) is 0 Å². The molecule has 0 unspecified atom stereocenters. The van der Waals surface area contributed by atoms with Crippen molar-refractivity contribution in [3.8, 4) is 0 Å². The van der Waals surface area contributed by atoms with Gasteiger partial charge in [-0.15, -0.1) is 0 Å². The molecule has 96 valence electrons. The van der Waals surface area contributed by atoms with Crippen molar-refractivity contribution in [3.63, 3.8) is 0 Å². The van der Waals surface area contributed by atoms with Crippen molar-refractivity contribution in [2.45, 2.75) is 31.6 Å². The maximum atomic E-state index is 5.73. The van der Waals surface area contributed by atoms with Crippen LogP contribution in [0.5, 0.6) is 0 Å². The zero-order chi connectivity index (χ0) is 12.5. The monoisotopic (exact) mass is 308 g/mol. The molecule has 2 aromatic rings. The van der Waals surface area contributed by atoms with E-state index in [1.54, 1.807) is 6.20 Å². The molecule has 18 heavy (non-hydrogen) atoms. The van der Waals surface area contributed by atoms with E-state index >= 15 is 0 Å². The Morgan fingerprint density at radius 1 is 1.33 bits per heavy atom. The van der Waals surface area contributed by atoms with Crippen LogP contribution in [0.2, 0.25) is 0 Å². The van der Waals surface area contributed by atoms with Crippen LogP contribution in [-0.2, 0) is 0 Å². The standard InChI is InChI=1S/C13H17BrN4/c14-10-5-11-13(16-7-10)18-12(17-11)9-3-1-8(6-15)2-4-9/h5,7-9H,1-4,6,15H2,(H,16,17,18). The molecule has 0 bridgehead atoms. The van der Waals surface area contributed by atoms with E-state index in [0.717, 1.165) is 28.0 Å². The van der Waals surface area contributed by atoms with Crippen LogP contribution in [0.3, 0.4) is 0 Å². The van der Waals surface area contributed by atoms with Gasteiger partial charge in [0.15, 0.2) is 5.65 Å². The minimum atomic E-state index is 0.542. The summed E-state index contributed by atoms with van der Waals surface area (Å²) in [6.45, 7) is 0.821. The Bertz CT molecular complexity index is 543. The summed E-state index contributed by atoms with van der Waals surface area (Å²) in [5.74, 6) is 2.34. The molecule has 0 aromatic carbocycles. The van der Waals surface area contributed by atoms with Crippen LogP contribution in [0.15, 0.2) is 16.7 Å². The van der Waals surface area contributed by atoms with E-state index in [0.29, 0.717) is 11.8 Å². The van der Waals surface area contributed by atoms with Gasteiger partial charge in [0, 0.05) is 16.6 Å². The number of nitrogens with two attached hydrogens (primary N) is 1. The molecule has 1 aliphatic carbocycles. The van der Waals surface area contributed by atoms with Gasteiger partial charge in [0.25, 0.3) is 0 Å². The van der Waals surface area contributed by atoms with E-state index in [1.807, 2.05) is 6.07 Å². The molecular formula is C13H17BrN4. The quantitative estimate of drug-likeness (QED) is 0.896. The van der Waals surface area contributed by atoms with Crippen molar-refractivity contribution in [1.82, 2.24) is 15.0 Å². The maximum absolute atomic E-state index is 5.73. The average Bonchev–Trinajstić information content (AvgIpc) is 2.81. The number of halogens is 1. The minimum Gasteiger partial charge on any atom is -0.340 e. The summed E-state index contributed by atoms with van der Waals surface area (Å²) < 4.78 is 0.983. The zero-order valence-electron chi connectivity index (χ0n) is 10.2. The molecule has 0 radical (unpaired) electrons. The first-order valence-electron chi connectivity index (χ1n) is 6.47. The largest absolute Gasteiger partial charge is 0.340 e. The summed E-state index contributed by atoms with van der Waals surface area (Å²) in [6.07, 6.45) is 6.59. The highest BCUT2D eigenvalue weighted by molar-refractivity contribution is 9.10. The number of nitrogens with one attached hydrogen (secondary N) is 1. The first-order valence-corrected chi connectivity index (χ1v) is 7.27. The highest BCUT2D eigenvalue weighted by Crippen LogP contribution is 2.34. The molecule has 1 aliphatic rings. The number of hydrogen-bond acceptors (Lipinski definition) is 3. The smallest absolute Gasteiger partial charge is 0.177 e. The second kappa shape index (κ2) is 4.97. The first-order chi connectivity index (χ1) is 8.76. The third-order valence-corrected chi connectivity index (χ3v) is 4.32. The van der Waals surface area contributed by atoms with Gasteiger partial charge in [-0.2, -0.15) is 0 Å². The highest BCUT2D eigenvalue weighted by Gasteiger charge is 2.23. The van der Waals surface area contributed by atoms with E-state index in [4.69, 9.17) is 5.73 Å². The van der Waals surface area contributed by atoms with Crippen molar-refractivity contribution < 1.29 is 0 Å². The Kier molecular flexibility index (Phi) is 3.35. The number of aromatic amines is 1. The molecule has 0 spiro atoms. The van der Waals surface area contributed by atoms with E-state index in [-0.39, 0.29) is 0 Å². The molecule has 1 fully saturated rings. The lowest BCUT2D eigenvalue weighted by molar-refractivity contribution is 0.326. The van der Waals surface area contributed by atoms with Gasteiger partial charge in [0.05, 0.1) is 5.52 Å². The summed E-state index contributed by atoms with van der Waals surface area (Å²) in [5, 5.41) is 0. The van der Waals surface area contributed by atoms with E-state index in [1.165, 1.54) is 25.7 Å². The number of hydrogen-bond donors (Lipinski definition) is 2. The van der Waals surface area contributed by atoms with Gasteiger partial charge in [-0.1, -0.05) is 0 Å². The molecule has 2 aromatic heterocycles. The van der Waals surface area contributed by atoms with E-state index in [9.17, 15) is 0 Å². The lowest BCUT2D eigenvalue weighted by Gasteiger charge is -2.26. The van der Waals surface area contributed by atoms with Crippen molar-refractivity contribution >= 4 is 27.1 Å². The Morgan fingerprint density at radius 2 is 2.11 bits per heavy atom. The van der Waals surface area contributed by atoms with E-state index < -0.39 is 0 Å². The molecule has 0 amide bonds. The van der Waals surface area contributed by atoms with Gasteiger partial charge in [-0.3, -0.25) is 0 Å². The number of aromatic nitrogens is 3. The van der Waals surface area contributed by atoms with Crippen LogP contribution >= 0.6 is 15.9 Å². The molecule has 0 saturated heterocycles. The van der Waals surface area contributed by atoms with Crippen molar-refractivity contribution in [2.24, 2.45) is 11.7 Å². The normalized spacial score (nSPS) is 24.6. The molecule has 2 heterocycles. The van der Waals surface area contributed by atoms with Crippen molar-refractivity contribution in [3.05, 3.63) is 22.6 Å². The fraction of sp³-hybridized carbons (Fsp3) is 0.538. The predicted molar refractivity (Wildman–Crippen MR) is 75.3 cm³/mol. The lowest BCUT2D eigenvalue weighted by Crippen LogP contribution is -2.21. The summed E-state index contributed by atoms with van der Waals surface area (Å²) in [5.41, 5.74) is 7.55. The summed E-state index contributed by atoms with van der Waals surface area (Å²) in [6, 6.07) is 2.03.